The molecule has 0 aromatic heterocycles. The maximum atomic E-state index is 13.6. The van der Waals surface area contributed by atoms with Gasteiger partial charge in [-0.2, -0.15) is 5.10 Å². The minimum Gasteiger partial charge on any atom is -0.492 e. The fourth-order valence-corrected chi connectivity index (χ4v) is 5.59. The first-order chi connectivity index (χ1) is 17.1. The number of sulfonamides is 1. The Labute approximate surface area is 224 Å². The van der Waals surface area contributed by atoms with Crippen LogP contribution in [0.2, 0.25) is 5.02 Å². The third-order valence-corrected chi connectivity index (χ3v) is 7.64. The molecule has 11 heteroatoms. The number of benzene rings is 3. The van der Waals surface area contributed by atoms with Crippen LogP contribution in [-0.2, 0) is 14.8 Å². The molecule has 36 heavy (non-hydrogen) atoms. The summed E-state index contributed by atoms with van der Waals surface area (Å²) in [4.78, 5) is 14.8. The molecule has 0 fully saturated rings. The van der Waals surface area contributed by atoms with Gasteiger partial charge in [0.05, 0.1) is 29.1 Å². The molecule has 3 aromatic rings. The zero-order valence-corrected chi connectivity index (χ0v) is 23.1. The standard InChI is InChI=1S/C25H26BrClN4O4S/c1-4-35-24-8-6-5-7-23(24)31(36(33,34)20-12-10-19(27)11-13-20)17-25(32)29-28-16-18-9-14-22(30(2)3)21(26)15-18/h5-16H,4,17H2,1-3H3,(H,29,32)/b28-16-. The highest BCUT2D eigenvalue weighted by Gasteiger charge is 2.29. The molecule has 8 nitrogen and oxygen atoms in total. The van der Waals surface area contributed by atoms with E-state index >= 15 is 0 Å². The SMILES string of the molecule is CCOc1ccccc1N(CC(=O)N/N=C\c1ccc(N(C)C)c(Br)c1)S(=O)(=O)c1ccc(Cl)cc1. The molecule has 0 saturated carbocycles. The van der Waals surface area contributed by atoms with Crippen molar-refractivity contribution < 1.29 is 17.9 Å². The lowest BCUT2D eigenvalue weighted by Gasteiger charge is -2.25. The highest BCUT2D eigenvalue weighted by molar-refractivity contribution is 9.10. The molecule has 0 aliphatic carbocycles. The van der Waals surface area contributed by atoms with Gasteiger partial charge in [-0.1, -0.05) is 29.8 Å². The summed E-state index contributed by atoms with van der Waals surface area (Å²) in [6.45, 7) is 1.60. The van der Waals surface area contributed by atoms with Crippen molar-refractivity contribution in [2.45, 2.75) is 11.8 Å². The number of halogens is 2. The lowest BCUT2D eigenvalue weighted by Crippen LogP contribution is -2.39. The number of rotatable bonds is 10. The monoisotopic (exact) mass is 592 g/mol. The summed E-state index contributed by atoms with van der Waals surface area (Å²) in [6, 6.07) is 18.0. The second kappa shape index (κ2) is 12.2. The fraction of sp³-hybridized carbons (Fsp3) is 0.200. The number of ether oxygens (including phenoxy) is 1. The smallest absolute Gasteiger partial charge is 0.264 e. The van der Waals surface area contributed by atoms with Gasteiger partial charge in [0.25, 0.3) is 15.9 Å². The van der Waals surface area contributed by atoms with Crippen LogP contribution in [0.3, 0.4) is 0 Å². The molecular weight excluding hydrogens is 568 g/mol. The highest BCUT2D eigenvalue weighted by Crippen LogP contribution is 2.32. The molecule has 0 heterocycles. The van der Waals surface area contributed by atoms with Crippen LogP contribution >= 0.6 is 27.5 Å². The molecule has 0 saturated heterocycles. The Morgan fingerprint density at radius 3 is 2.42 bits per heavy atom. The number of hydrazone groups is 1. The van der Waals surface area contributed by atoms with Crippen LogP contribution < -0.4 is 19.4 Å². The molecule has 0 unspecified atom stereocenters. The molecule has 190 valence electrons. The lowest BCUT2D eigenvalue weighted by atomic mass is 10.2. The number of nitrogens with zero attached hydrogens (tertiary/aromatic N) is 3. The van der Waals surface area contributed by atoms with Crippen molar-refractivity contribution >= 4 is 61.1 Å². The zero-order chi connectivity index (χ0) is 26.3. The van der Waals surface area contributed by atoms with Gasteiger partial charge in [-0.05, 0) is 76.9 Å². The van der Waals surface area contributed by atoms with E-state index in [1.807, 2.05) is 37.2 Å². The number of carbonyl (C=O) groups is 1. The molecule has 1 N–H and O–H groups in total. The number of carbonyl (C=O) groups excluding carboxylic acids is 1. The number of para-hydroxylation sites is 2. The average Bonchev–Trinajstić information content (AvgIpc) is 2.83. The minimum absolute atomic E-state index is 0.0136. The van der Waals surface area contributed by atoms with E-state index in [9.17, 15) is 13.2 Å². The second-order valence-electron chi connectivity index (χ2n) is 7.76. The first kappa shape index (κ1) is 27.5. The van der Waals surface area contributed by atoms with Crippen LogP contribution in [0.5, 0.6) is 5.75 Å². The molecule has 0 bridgehead atoms. The number of nitrogens with one attached hydrogen (secondary N) is 1. The summed E-state index contributed by atoms with van der Waals surface area (Å²) in [5.41, 5.74) is 4.38. The van der Waals surface area contributed by atoms with E-state index in [0.717, 1.165) is 20.0 Å². The fourth-order valence-electron chi connectivity index (χ4n) is 3.28. The van der Waals surface area contributed by atoms with E-state index in [1.165, 1.54) is 30.5 Å². The Kier molecular flexibility index (Phi) is 9.36. The lowest BCUT2D eigenvalue weighted by molar-refractivity contribution is -0.119. The number of anilines is 2. The van der Waals surface area contributed by atoms with Gasteiger partial charge < -0.3 is 9.64 Å². The third kappa shape index (κ3) is 6.77. The minimum atomic E-state index is -4.13. The van der Waals surface area contributed by atoms with Crippen molar-refractivity contribution in [3.63, 3.8) is 0 Å². The van der Waals surface area contributed by atoms with Gasteiger partial charge in [0, 0.05) is 23.6 Å². The van der Waals surface area contributed by atoms with Gasteiger partial charge in [-0.25, -0.2) is 13.8 Å². The number of hydrogen-bond donors (Lipinski definition) is 1. The molecular formula is C25H26BrClN4O4S. The largest absolute Gasteiger partial charge is 0.492 e. The predicted molar refractivity (Wildman–Crippen MR) is 148 cm³/mol. The van der Waals surface area contributed by atoms with Gasteiger partial charge in [0.2, 0.25) is 0 Å². The molecule has 3 aromatic carbocycles. The van der Waals surface area contributed by atoms with E-state index in [-0.39, 0.29) is 10.6 Å². The van der Waals surface area contributed by atoms with Crippen LogP contribution in [-0.4, -0.2) is 47.8 Å². The highest BCUT2D eigenvalue weighted by atomic mass is 79.9. The van der Waals surface area contributed by atoms with E-state index in [4.69, 9.17) is 16.3 Å². The maximum Gasteiger partial charge on any atom is 0.264 e. The van der Waals surface area contributed by atoms with Crippen molar-refractivity contribution in [2.75, 3.05) is 36.5 Å². The normalized spacial score (nSPS) is 11.4. The Hall–Kier alpha value is -3.08. The third-order valence-electron chi connectivity index (χ3n) is 4.98. The van der Waals surface area contributed by atoms with Gasteiger partial charge in [0.15, 0.2) is 0 Å². The molecule has 1 amide bonds. The zero-order valence-electron chi connectivity index (χ0n) is 20.0. The Morgan fingerprint density at radius 1 is 1.08 bits per heavy atom. The molecule has 0 spiro atoms. The summed E-state index contributed by atoms with van der Waals surface area (Å²) in [7, 11) is -0.267. The van der Waals surface area contributed by atoms with E-state index in [0.29, 0.717) is 17.4 Å². The Balaban J connectivity index is 1.87. The van der Waals surface area contributed by atoms with Gasteiger partial charge in [-0.15, -0.1) is 0 Å². The topological polar surface area (TPSA) is 91.3 Å². The van der Waals surface area contributed by atoms with E-state index in [1.54, 1.807) is 31.2 Å². The second-order valence-corrected chi connectivity index (χ2v) is 10.9. The van der Waals surface area contributed by atoms with Crippen molar-refractivity contribution in [3.8, 4) is 5.75 Å². The van der Waals surface area contributed by atoms with Crippen LogP contribution in [0, 0.1) is 0 Å². The summed E-state index contributed by atoms with van der Waals surface area (Å²) >= 11 is 9.45. The predicted octanol–water partition coefficient (Wildman–Crippen LogP) is 4.91. The first-order valence-corrected chi connectivity index (χ1v) is 13.5. The maximum absolute atomic E-state index is 13.6. The summed E-state index contributed by atoms with van der Waals surface area (Å²) in [5.74, 6) is -0.293. The Bertz CT molecular complexity index is 1350. The van der Waals surface area contributed by atoms with Crippen LogP contribution in [0.1, 0.15) is 12.5 Å². The summed E-state index contributed by atoms with van der Waals surface area (Å²) in [5, 5.41) is 4.40. The van der Waals surface area contributed by atoms with Crippen molar-refractivity contribution in [2.24, 2.45) is 5.10 Å². The number of amides is 1. The average molecular weight is 594 g/mol. The van der Waals surface area contributed by atoms with Crippen LogP contribution in [0.4, 0.5) is 11.4 Å². The molecule has 0 radical (unpaired) electrons. The van der Waals surface area contributed by atoms with Crippen molar-refractivity contribution in [1.82, 2.24) is 5.43 Å². The van der Waals surface area contributed by atoms with Crippen LogP contribution in [0.25, 0.3) is 0 Å². The molecule has 0 aliphatic heterocycles. The molecule has 0 aliphatic rings. The van der Waals surface area contributed by atoms with Gasteiger partial charge in [0.1, 0.15) is 12.3 Å². The quantitative estimate of drug-likeness (QED) is 0.266. The Morgan fingerprint density at radius 2 is 1.78 bits per heavy atom. The van der Waals surface area contributed by atoms with E-state index < -0.39 is 22.5 Å². The summed E-state index contributed by atoms with van der Waals surface area (Å²) < 4.78 is 34.6. The van der Waals surface area contributed by atoms with E-state index in [2.05, 4.69) is 26.5 Å². The summed E-state index contributed by atoms with van der Waals surface area (Å²) in [6.07, 6.45) is 1.48. The molecule has 0 atom stereocenters. The van der Waals surface area contributed by atoms with Crippen molar-refractivity contribution in [1.29, 1.82) is 0 Å². The first-order valence-electron chi connectivity index (χ1n) is 10.9. The number of hydrogen-bond acceptors (Lipinski definition) is 6. The molecule has 3 rings (SSSR count). The van der Waals surface area contributed by atoms with Gasteiger partial charge >= 0.3 is 0 Å². The van der Waals surface area contributed by atoms with Gasteiger partial charge in [-0.3, -0.25) is 9.10 Å². The van der Waals surface area contributed by atoms with Crippen molar-refractivity contribution in [3.05, 3.63) is 81.8 Å². The van der Waals surface area contributed by atoms with Crippen LogP contribution in [0.15, 0.2) is 81.2 Å².